The zero-order chi connectivity index (χ0) is 13.7. The molecule has 0 aliphatic rings. The van der Waals surface area contributed by atoms with E-state index in [2.05, 4.69) is 9.69 Å². The van der Waals surface area contributed by atoms with Gasteiger partial charge in [0.2, 0.25) is 5.88 Å². The van der Waals surface area contributed by atoms with E-state index in [1.165, 1.54) is 4.90 Å². The van der Waals surface area contributed by atoms with E-state index < -0.39 is 5.91 Å². The minimum Gasteiger partial charge on any atom is -0.476 e. The molecule has 0 aliphatic heterocycles. The van der Waals surface area contributed by atoms with Crippen molar-refractivity contribution in [3.8, 4) is 5.88 Å². The van der Waals surface area contributed by atoms with Crippen LogP contribution >= 0.6 is 11.5 Å². The first-order chi connectivity index (χ1) is 8.47. The molecule has 0 aliphatic carbocycles. The van der Waals surface area contributed by atoms with E-state index in [1.807, 2.05) is 6.92 Å². The number of amides is 3. The van der Waals surface area contributed by atoms with E-state index in [-0.39, 0.29) is 17.5 Å². The van der Waals surface area contributed by atoms with Crippen LogP contribution in [-0.4, -0.2) is 41.9 Å². The lowest BCUT2D eigenvalue weighted by Crippen LogP contribution is -2.28. The second-order valence-electron chi connectivity index (χ2n) is 3.73. The average molecular weight is 272 g/mol. The van der Waals surface area contributed by atoms with Crippen LogP contribution < -0.4 is 15.8 Å². The maximum Gasteiger partial charge on any atom is 0.321 e. The van der Waals surface area contributed by atoms with Gasteiger partial charge in [0.15, 0.2) is 0 Å². The lowest BCUT2D eigenvalue weighted by molar-refractivity contribution is 0.0997. The fourth-order valence-corrected chi connectivity index (χ4v) is 1.81. The van der Waals surface area contributed by atoms with Crippen molar-refractivity contribution in [2.45, 2.75) is 13.3 Å². The van der Waals surface area contributed by atoms with Gasteiger partial charge >= 0.3 is 6.03 Å². The van der Waals surface area contributed by atoms with Gasteiger partial charge in [-0.3, -0.25) is 10.1 Å². The van der Waals surface area contributed by atoms with Crippen LogP contribution in [0.15, 0.2) is 0 Å². The summed E-state index contributed by atoms with van der Waals surface area (Å²) in [4.78, 5) is 24.2. The third-order valence-corrected chi connectivity index (χ3v) is 2.72. The fourth-order valence-electron chi connectivity index (χ4n) is 1.08. The Labute approximate surface area is 109 Å². The quantitative estimate of drug-likeness (QED) is 0.839. The van der Waals surface area contributed by atoms with Gasteiger partial charge in [0.1, 0.15) is 10.6 Å². The number of nitrogens with zero attached hydrogens (tertiary/aromatic N) is 2. The maximum atomic E-state index is 11.5. The van der Waals surface area contributed by atoms with Crippen molar-refractivity contribution in [3.05, 3.63) is 5.56 Å². The van der Waals surface area contributed by atoms with Crippen LogP contribution in [0.5, 0.6) is 5.88 Å². The fraction of sp³-hybridized carbons (Fsp3) is 0.500. The molecular weight excluding hydrogens is 256 g/mol. The monoisotopic (exact) mass is 272 g/mol. The molecule has 1 rings (SSSR count). The van der Waals surface area contributed by atoms with Gasteiger partial charge in [-0.25, -0.2) is 4.79 Å². The molecule has 1 aromatic heterocycles. The molecular formula is C10H16N4O3S. The molecule has 3 amide bonds. The van der Waals surface area contributed by atoms with E-state index in [1.54, 1.807) is 14.1 Å². The number of carbonyl (C=O) groups is 2. The summed E-state index contributed by atoms with van der Waals surface area (Å²) in [6, 6.07) is -0.358. The van der Waals surface area contributed by atoms with Crippen molar-refractivity contribution in [1.29, 1.82) is 0 Å². The number of aromatic nitrogens is 1. The summed E-state index contributed by atoms with van der Waals surface area (Å²) < 4.78 is 9.28. The summed E-state index contributed by atoms with van der Waals surface area (Å²) in [5, 5.41) is 2.85. The third-order valence-electron chi connectivity index (χ3n) is 1.98. The normalized spacial score (nSPS) is 9.94. The number of nitrogens with two attached hydrogens (primary N) is 1. The molecule has 0 saturated heterocycles. The summed E-state index contributed by atoms with van der Waals surface area (Å²) in [7, 11) is 3.18. The number of primary amides is 1. The molecule has 0 bridgehead atoms. The van der Waals surface area contributed by atoms with Crippen LogP contribution in [0.4, 0.5) is 9.80 Å². The maximum absolute atomic E-state index is 11.5. The summed E-state index contributed by atoms with van der Waals surface area (Å²) >= 11 is 0.966. The van der Waals surface area contributed by atoms with Gasteiger partial charge in [0.05, 0.1) is 6.61 Å². The van der Waals surface area contributed by atoms with Crippen molar-refractivity contribution in [2.75, 3.05) is 26.0 Å². The van der Waals surface area contributed by atoms with E-state index in [0.717, 1.165) is 18.0 Å². The van der Waals surface area contributed by atoms with Crippen LogP contribution in [0.1, 0.15) is 23.7 Å². The van der Waals surface area contributed by atoms with Gasteiger partial charge in [-0.2, -0.15) is 4.37 Å². The molecule has 0 radical (unpaired) electrons. The van der Waals surface area contributed by atoms with Gasteiger partial charge in [-0.15, -0.1) is 0 Å². The SMILES string of the molecule is CCCOc1nsc(NC(=O)N(C)C)c1C(N)=O. The number of urea groups is 1. The van der Waals surface area contributed by atoms with Crippen molar-refractivity contribution in [3.63, 3.8) is 0 Å². The minimum atomic E-state index is -0.677. The Morgan fingerprint density at radius 2 is 2.17 bits per heavy atom. The van der Waals surface area contributed by atoms with Crippen LogP contribution in [0, 0.1) is 0 Å². The van der Waals surface area contributed by atoms with Gasteiger partial charge in [-0.05, 0) is 18.0 Å². The lowest BCUT2D eigenvalue weighted by Gasteiger charge is -2.11. The molecule has 1 aromatic rings. The van der Waals surface area contributed by atoms with Crippen molar-refractivity contribution in [1.82, 2.24) is 9.27 Å². The molecule has 18 heavy (non-hydrogen) atoms. The minimum absolute atomic E-state index is 0.114. The molecule has 0 atom stereocenters. The number of nitrogens with one attached hydrogen (secondary N) is 1. The van der Waals surface area contributed by atoms with E-state index >= 15 is 0 Å². The standard InChI is InChI=1S/C10H16N4O3S/c1-4-5-17-8-6(7(11)15)9(18-13-8)12-10(16)14(2)3/h4-5H2,1-3H3,(H2,11,15)(H,12,16). The number of hydrogen-bond donors (Lipinski definition) is 2. The van der Waals surface area contributed by atoms with Gasteiger partial charge < -0.3 is 15.4 Å². The van der Waals surface area contributed by atoms with Crippen molar-refractivity contribution >= 4 is 28.5 Å². The molecule has 3 N–H and O–H groups in total. The highest BCUT2D eigenvalue weighted by atomic mass is 32.1. The lowest BCUT2D eigenvalue weighted by atomic mass is 10.3. The van der Waals surface area contributed by atoms with Gasteiger partial charge in [0, 0.05) is 14.1 Å². The summed E-state index contributed by atoms with van der Waals surface area (Å²) in [6.45, 7) is 2.37. The van der Waals surface area contributed by atoms with E-state index in [0.29, 0.717) is 11.6 Å². The average Bonchev–Trinajstić information content (AvgIpc) is 2.69. The predicted molar refractivity (Wildman–Crippen MR) is 69.1 cm³/mol. The molecule has 100 valence electrons. The van der Waals surface area contributed by atoms with Gasteiger partial charge in [0.25, 0.3) is 5.91 Å². The Morgan fingerprint density at radius 1 is 1.50 bits per heavy atom. The predicted octanol–water partition coefficient (Wildman–Crippen LogP) is 1.12. The first kappa shape index (κ1) is 14.2. The summed E-state index contributed by atoms with van der Waals surface area (Å²) in [6.07, 6.45) is 0.787. The number of anilines is 1. The second kappa shape index (κ2) is 6.20. The topological polar surface area (TPSA) is 97.6 Å². The van der Waals surface area contributed by atoms with Crippen molar-refractivity contribution in [2.24, 2.45) is 5.73 Å². The molecule has 1 heterocycles. The highest BCUT2D eigenvalue weighted by Crippen LogP contribution is 2.30. The molecule has 0 saturated carbocycles. The molecule has 0 unspecified atom stereocenters. The molecule has 0 spiro atoms. The number of rotatable bonds is 5. The number of ether oxygens (including phenoxy) is 1. The van der Waals surface area contributed by atoms with Crippen LogP contribution in [0.2, 0.25) is 0 Å². The first-order valence-electron chi connectivity index (χ1n) is 5.38. The Balaban J connectivity index is 2.95. The smallest absolute Gasteiger partial charge is 0.321 e. The zero-order valence-electron chi connectivity index (χ0n) is 10.5. The summed E-state index contributed by atoms with van der Waals surface area (Å²) in [5.74, 6) is -0.507. The summed E-state index contributed by atoms with van der Waals surface area (Å²) in [5.41, 5.74) is 5.38. The molecule has 7 nitrogen and oxygen atoms in total. The molecule has 0 fully saturated rings. The van der Waals surface area contributed by atoms with Crippen molar-refractivity contribution < 1.29 is 14.3 Å². The Kier molecular flexibility index (Phi) is 4.90. The number of carbonyl (C=O) groups excluding carboxylic acids is 2. The highest BCUT2D eigenvalue weighted by molar-refractivity contribution is 7.11. The molecule has 8 heteroatoms. The highest BCUT2D eigenvalue weighted by Gasteiger charge is 2.22. The van der Waals surface area contributed by atoms with E-state index in [9.17, 15) is 9.59 Å². The van der Waals surface area contributed by atoms with Crippen LogP contribution in [0.3, 0.4) is 0 Å². The molecule has 0 aromatic carbocycles. The Hall–Kier alpha value is -1.83. The Bertz CT molecular complexity index is 444. The van der Waals surface area contributed by atoms with Crippen LogP contribution in [-0.2, 0) is 0 Å². The van der Waals surface area contributed by atoms with Gasteiger partial charge in [-0.1, -0.05) is 6.92 Å². The van der Waals surface area contributed by atoms with E-state index in [4.69, 9.17) is 10.5 Å². The Morgan fingerprint density at radius 3 is 2.67 bits per heavy atom. The zero-order valence-corrected chi connectivity index (χ0v) is 11.3. The van der Waals surface area contributed by atoms with Crippen LogP contribution in [0.25, 0.3) is 0 Å². The second-order valence-corrected chi connectivity index (χ2v) is 4.50. The number of hydrogen-bond acceptors (Lipinski definition) is 5. The first-order valence-corrected chi connectivity index (χ1v) is 6.15. The largest absolute Gasteiger partial charge is 0.476 e. The third kappa shape index (κ3) is 3.33.